The average molecular weight is 244 g/mol. The van der Waals surface area contributed by atoms with Crippen LogP contribution in [0.5, 0.6) is 0 Å². The molecule has 86 valence electrons. The number of nitrogens with zero attached hydrogens (tertiary/aromatic N) is 2. The summed E-state index contributed by atoms with van der Waals surface area (Å²) in [6, 6.07) is 0.823. The molecule has 0 aromatic heterocycles. The maximum Gasteiger partial charge on any atom is 0.138 e. The van der Waals surface area contributed by atoms with Crippen molar-refractivity contribution in [2.75, 3.05) is 19.1 Å². The molecule has 2 fully saturated rings. The fraction of sp³-hybridized carbons (Fsp3) is 0.909. The molecule has 0 atom stereocenters. The second kappa shape index (κ2) is 5.51. The first-order chi connectivity index (χ1) is 7.31. The van der Waals surface area contributed by atoms with E-state index in [2.05, 4.69) is 16.7 Å². The molecule has 2 rings (SSSR count). The Bertz CT molecular complexity index is 227. The normalized spacial score (nSPS) is 25.9. The van der Waals surface area contributed by atoms with Gasteiger partial charge in [-0.05, 0) is 19.8 Å². The predicted molar refractivity (Wildman–Crippen MR) is 71.0 cm³/mol. The maximum absolute atomic E-state index is 5.34. The summed E-state index contributed by atoms with van der Waals surface area (Å²) < 4.78 is 1.09. The molecule has 1 heterocycles. The number of thiocarbonyl (C=S) groups is 1. The van der Waals surface area contributed by atoms with E-state index in [1.54, 1.807) is 0 Å². The zero-order chi connectivity index (χ0) is 10.7. The minimum Gasteiger partial charge on any atom is -0.345 e. The van der Waals surface area contributed by atoms with Gasteiger partial charge in [0, 0.05) is 12.6 Å². The van der Waals surface area contributed by atoms with E-state index < -0.39 is 0 Å². The van der Waals surface area contributed by atoms with Crippen molar-refractivity contribution in [3.05, 3.63) is 0 Å². The van der Waals surface area contributed by atoms with Crippen LogP contribution >= 0.6 is 24.0 Å². The molecular weight excluding hydrogens is 224 g/mol. The third kappa shape index (κ3) is 2.86. The van der Waals surface area contributed by atoms with Gasteiger partial charge < -0.3 is 4.90 Å². The summed E-state index contributed by atoms with van der Waals surface area (Å²) in [5.41, 5.74) is 0. The average Bonchev–Trinajstić information content (AvgIpc) is 2.31. The Morgan fingerprint density at radius 3 is 2.73 bits per heavy atom. The lowest BCUT2D eigenvalue weighted by Gasteiger charge is -2.41. The van der Waals surface area contributed by atoms with Crippen molar-refractivity contribution in [2.45, 2.75) is 45.1 Å². The van der Waals surface area contributed by atoms with Gasteiger partial charge in [-0.1, -0.05) is 43.2 Å². The van der Waals surface area contributed by atoms with Gasteiger partial charge >= 0.3 is 0 Å². The van der Waals surface area contributed by atoms with Crippen LogP contribution in [0.25, 0.3) is 0 Å². The summed E-state index contributed by atoms with van der Waals surface area (Å²) in [6.07, 6.45) is 7.06. The van der Waals surface area contributed by atoms with Crippen LogP contribution in [0.15, 0.2) is 0 Å². The summed E-state index contributed by atoms with van der Waals surface area (Å²) in [4.78, 5) is 4.93. The quantitative estimate of drug-likeness (QED) is 0.689. The van der Waals surface area contributed by atoms with Crippen LogP contribution in [0.4, 0.5) is 0 Å². The van der Waals surface area contributed by atoms with Gasteiger partial charge in [-0.3, -0.25) is 4.90 Å². The van der Waals surface area contributed by atoms with Crippen molar-refractivity contribution >= 4 is 28.3 Å². The van der Waals surface area contributed by atoms with Gasteiger partial charge in [0.05, 0.1) is 12.5 Å². The first-order valence-electron chi connectivity index (χ1n) is 5.97. The molecule has 0 N–H and O–H groups in total. The molecule has 0 radical (unpaired) electrons. The van der Waals surface area contributed by atoms with E-state index in [0.29, 0.717) is 0 Å². The SMILES string of the molecule is CCN1CN(C2CCCCC2)CSC1=S. The highest BCUT2D eigenvalue weighted by molar-refractivity contribution is 8.22. The van der Waals surface area contributed by atoms with Crippen molar-refractivity contribution in [2.24, 2.45) is 0 Å². The molecular formula is C11H20N2S2. The van der Waals surface area contributed by atoms with Crippen LogP contribution in [-0.4, -0.2) is 39.3 Å². The van der Waals surface area contributed by atoms with Gasteiger partial charge in [0.2, 0.25) is 0 Å². The van der Waals surface area contributed by atoms with E-state index in [1.807, 2.05) is 11.8 Å². The topological polar surface area (TPSA) is 6.48 Å². The first-order valence-corrected chi connectivity index (χ1v) is 7.36. The van der Waals surface area contributed by atoms with E-state index in [4.69, 9.17) is 12.2 Å². The zero-order valence-corrected chi connectivity index (χ0v) is 11.1. The van der Waals surface area contributed by atoms with Crippen molar-refractivity contribution in [3.63, 3.8) is 0 Å². The van der Waals surface area contributed by atoms with E-state index in [0.717, 1.165) is 29.5 Å². The predicted octanol–water partition coefficient (Wildman–Crippen LogP) is 2.89. The van der Waals surface area contributed by atoms with Crippen molar-refractivity contribution in [3.8, 4) is 0 Å². The van der Waals surface area contributed by atoms with Gasteiger partial charge in [-0.2, -0.15) is 0 Å². The van der Waals surface area contributed by atoms with Crippen molar-refractivity contribution < 1.29 is 0 Å². The van der Waals surface area contributed by atoms with Crippen LogP contribution in [0.1, 0.15) is 39.0 Å². The number of hydrogen-bond donors (Lipinski definition) is 0. The third-order valence-electron chi connectivity index (χ3n) is 3.44. The number of hydrogen-bond acceptors (Lipinski definition) is 3. The smallest absolute Gasteiger partial charge is 0.138 e. The maximum atomic E-state index is 5.34. The Morgan fingerprint density at radius 1 is 1.33 bits per heavy atom. The fourth-order valence-corrected chi connectivity index (χ4v) is 3.73. The Kier molecular flexibility index (Phi) is 4.29. The standard InChI is InChI=1S/C11H20N2S2/c1-2-12-8-13(9-15-11(12)14)10-6-4-3-5-7-10/h10H,2-9H2,1H3. The highest BCUT2D eigenvalue weighted by Crippen LogP contribution is 2.27. The van der Waals surface area contributed by atoms with Crippen LogP contribution < -0.4 is 0 Å². The van der Waals surface area contributed by atoms with Gasteiger partial charge in [0.25, 0.3) is 0 Å². The molecule has 15 heavy (non-hydrogen) atoms. The summed E-state index contributed by atoms with van der Waals surface area (Å²) >= 11 is 7.18. The molecule has 1 aliphatic carbocycles. The van der Waals surface area contributed by atoms with E-state index >= 15 is 0 Å². The molecule has 0 bridgehead atoms. The summed E-state index contributed by atoms with van der Waals surface area (Å²) in [6.45, 7) is 4.30. The minimum atomic E-state index is 0.823. The van der Waals surface area contributed by atoms with Crippen molar-refractivity contribution in [1.82, 2.24) is 9.80 Å². The molecule has 1 saturated heterocycles. The minimum absolute atomic E-state index is 0.823. The molecule has 4 heteroatoms. The Balaban J connectivity index is 1.89. The van der Waals surface area contributed by atoms with Gasteiger partial charge in [-0.15, -0.1) is 0 Å². The molecule has 0 aromatic carbocycles. The molecule has 2 aliphatic rings. The molecule has 1 saturated carbocycles. The van der Waals surface area contributed by atoms with E-state index in [-0.39, 0.29) is 0 Å². The highest BCUT2D eigenvalue weighted by atomic mass is 32.2. The largest absolute Gasteiger partial charge is 0.345 e. The van der Waals surface area contributed by atoms with Crippen LogP contribution in [0, 0.1) is 0 Å². The van der Waals surface area contributed by atoms with Gasteiger partial charge in [0.15, 0.2) is 0 Å². The lowest BCUT2D eigenvalue weighted by molar-refractivity contribution is 0.130. The molecule has 0 aromatic rings. The highest BCUT2D eigenvalue weighted by Gasteiger charge is 2.27. The van der Waals surface area contributed by atoms with Crippen LogP contribution in [0.3, 0.4) is 0 Å². The molecule has 2 nitrogen and oxygen atoms in total. The molecule has 0 amide bonds. The van der Waals surface area contributed by atoms with Gasteiger partial charge in [-0.25, -0.2) is 0 Å². The van der Waals surface area contributed by atoms with Crippen LogP contribution in [-0.2, 0) is 0 Å². The second-order valence-corrected chi connectivity index (χ2v) is 6.00. The second-order valence-electron chi connectivity index (χ2n) is 4.42. The Morgan fingerprint density at radius 2 is 2.07 bits per heavy atom. The fourth-order valence-electron chi connectivity index (χ4n) is 2.44. The Labute approximate surface area is 102 Å². The summed E-state index contributed by atoms with van der Waals surface area (Å²) in [7, 11) is 0. The van der Waals surface area contributed by atoms with E-state index in [1.165, 1.54) is 32.1 Å². The lowest BCUT2D eigenvalue weighted by Crippen LogP contribution is -2.49. The molecule has 0 unspecified atom stereocenters. The van der Waals surface area contributed by atoms with Gasteiger partial charge in [0.1, 0.15) is 4.32 Å². The third-order valence-corrected chi connectivity index (χ3v) is 5.01. The van der Waals surface area contributed by atoms with E-state index in [9.17, 15) is 0 Å². The monoisotopic (exact) mass is 244 g/mol. The summed E-state index contributed by atoms with van der Waals surface area (Å²) in [5.74, 6) is 1.11. The number of rotatable bonds is 2. The molecule has 1 aliphatic heterocycles. The molecule has 0 spiro atoms. The first kappa shape index (κ1) is 11.7. The summed E-state index contributed by atoms with van der Waals surface area (Å²) in [5, 5.41) is 0. The van der Waals surface area contributed by atoms with Crippen molar-refractivity contribution in [1.29, 1.82) is 0 Å². The van der Waals surface area contributed by atoms with Crippen LogP contribution in [0.2, 0.25) is 0 Å². The zero-order valence-electron chi connectivity index (χ0n) is 9.45. The Hall–Kier alpha value is 0.200. The number of thioether (sulfide) groups is 1. The lowest BCUT2D eigenvalue weighted by atomic mass is 9.95.